The fourth-order valence-corrected chi connectivity index (χ4v) is 4.51. The van der Waals surface area contributed by atoms with E-state index in [-0.39, 0.29) is 0 Å². The second-order valence-corrected chi connectivity index (χ2v) is 8.80. The lowest BCUT2D eigenvalue weighted by atomic mass is 10.0. The molecule has 6 nitrogen and oxygen atoms in total. The van der Waals surface area contributed by atoms with Crippen molar-refractivity contribution in [1.82, 2.24) is 19.8 Å². The van der Waals surface area contributed by atoms with Crippen molar-refractivity contribution in [3.05, 3.63) is 77.7 Å². The lowest BCUT2D eigenvalue weighted by Crippen LogP contribution is -2.43. The van der Waals surface area contributed by atoms with Gasteiger partial charge in [-0.25, -0.2) is 0 Å². The normalized spacial score (nSPS) is 14.9. The molecule has 0 saturated carbocycles. The highest BCUT2D eigenvalue weighted by atomic mass is 15.2. The average Bonchev–Trinajstić information content (AvgIpc) is 3.33. The standard InChI is InChI=1S/C27H28N6/c1-19-23-9-10-30-26(23)8-7-25(19)31-27-22(15-28)16-29-17-24(27)21-5-3-20(4-6-21)18-33-13-11-32(2)12-14-33/h3-10,16-17,30H,11-14,18H2,1-2H3,(H,29,31). The van der Waals surface area contributed by atoms with E-state index < -0.39 is 0 Å². The number of fused-ring (bicyclic) bond motifs is 1. The molecule has 0 amide bonds. The lowest BCUT2D eigenvalue weighted by molar-refractivity contribution is 0.148. The molecule has 1 aliphatic heterocycles. The van der Waals surface area contributed by atoms with E-state index in [4.69, 9.17) is 0 Å². The third kappa shape index (κ3) is 4.34. The molecule has 0 aliphatic carbocycles. The Morgan fingerprint density at radius 2 is 1.82 bits per heavy atom. The van der Waals surface area contributed by atoms with Gasteiger partial charge in [0.2, 0.25) is 0 Å². The molecule has 0 radical (unpaired) electrons. The number of hydrogen-bond donors (Lipinski definition) is 2. The van der Waals surface area contributed by atoms with Crippen LogP contribution in [0.15, 0.2) is 61.1 Å². The molecule has 2 aromatic heterocycles. The highest BCUT2D eigenvalue weighted by Crippen LogP contribution is 2.35. The van der Waals surface area contributed by atoms with Crippen molar-refractivity contribution in [2.24, 2.45) is 0 Å². The van der Waals surface area contributed by atoms with Gasteiger partial charge in [-0.2, -0.15) is 5.26 Å². The molecule has 166 valence electrons. The lowest BCUT2D eigenvalue weighted by Gasteiger charge is -2.32. The van der Waals surface area contributed by atoms with Gasteiger partial charge in [0.05, 0.1) is 11.3 Å². The Balaban J connectivity index is 1.44. The topological polar surface area (TPSA) is 71.0 Å². The molecule has 33 heavy (non-hydrogen) atoms. The second kappa shape index (κ2) is 9.07. The van der Waals surface area contributed by atoms with Gasteiger partial charge in [-0.05, 0) is 48.9 Å². The predicted molar refractivity (Wildman–Crippen MR) is 133 cm³/mol. The summed E-state index contributed by atoms with van der Waals surface area (Å²) in [4.78, 5) is 12.5. The van der Waals surface area contributed by atoms with Crippen molar-refractivity contribution in [2.75, 3.05) is 38.5 Å². The van der Waals surface area contributed by atoms with E-state index in [0.29, 0.717) is 5.56 Å². The molecule has 5 rings (SSSR count). The van der Waals surface area contributed by atoms with Crippen molar-refractivity contribution >= 4 is 22.3 Å². The number of pyridine rings is 1. The van der Waals surface area contributed by atoms with E-state index >= 15 is 0 Å². The number of aryl methyl sites for hydroxylation is 1. The van der Waals surface area contributed by atoms with Crippen molar-refractivity contribution in [2.45, 2.75) is 13.5 Å². The van der Waals surface area contributed by atoms with E-state index in [0.717, 1.165) is 66.3 Å². The van der Waals surface area contributed by atoms with Gasteiger partial charge in [0.1, 0.15) is 6.07 Å². The number of nitriles is 1. The summed E-state index contributed by atoms with van der Waals surface area (Å²) < 4.78 is 0. The van der Waals surface area contributed by atoms with Crippen LogP contribution >= 0.6 is 0 Å². The number of piperazine rings is 1. The zero-order chi connectivity index (χ0) is 22.8. The van der Waals surface area contributed by atoms with Crippen LogP contribution in [-0.4, -0.2) is 53.0 Å². The molecule has 1 fully saturated rings. The van der Waals surface area contributed by atoms with Gasteiger partial charge >= 0.3 is 0 Å². The number of rotatable bonds is 5. The molecule has 2 N–H and O–H groups in total. The molecular formula is C27H28N6. The Hall–Kier alpha value is -3.66. The molecule has 1 aliphatic rings. The van der Waals surface area contributed by atoms with E-state index in [1.54, 1.807) is 6.20 Å². The number of aromatic nitrogens is 2. The Bertz CT molecular complexity index is 1310. The van der Waals surface area contributed by atoms with Crippen LogP contribution in [0.4, 0.5) is 11.4 Å². The molecule has 4 aromatic rings. The van der Waals surface area contributed by atoms with Gasteiger partial charge in [-0.15, -0.1) is 0 Å². The maximum Gasteiger partial charge on any atom is 0.103 e. The minimum atomic E-state index is 0.530. The van der Waals surface area contributed by atoms with Crippen LogP contribution in [0.2, 0.25) is 0 Å². The van der Waals surface area contributed by atoms with E-state index in [1.807, 2.05) is 12.4 Å². The van der Waals surface area contributed by atoms with Crippen LogP contribution in [-0.2, 0) is 6.54 Å². The summed E-state index contributed by atoms with van der Waals surface area (Å²) in [5.41, 5.74) is 7.82. The van der Waals surface area contributed by atoms with Crippen LogP contribution in [0.3, 0.4) is 0 Å². The molecule has 6 heteroatoms. The fraction of sp³-hybridized carbons (Fsp3) is 0.259. The summed E-state index contributed by atoms with van der Waals surface area (Å²) in [6.07, 6.45) is 5.41. The van der Waals surface area contributed by atoms with Gasteiger partial charge in [0, 0.05) is 73.5 Å². The number of benzene rings is 2. The number of hydrogen-bond acceptors (Lipinski definition) is 5. The van der Waals surface area contributed by atoms with Gasteiger partial charge in [0.25, 0.3) is 0 Å². The summed E-state index contributed by atoms with van der Waals surface area (Å²) in [5, 5.41) is 14.5. The number of nitrogens with zero attached hydrogens (tertiary/aromatic N) is 4. The number of nitrogens with one attached hydrogen (secondary N) is 2. The molecular weight excluding hydrogens is 408 g/mol. The van der Waals surface area contributed by atoms with Crippen molar-refractivity contribution in [1.29, 1.82) is 5.26 Å². The monoisotopic (exact) mass is 436 g/mol. The smallest absolute Gasteiger partial charge is 0.103 e. The third-order valence-corrected chi connectivity index (χ3v) is 6.60. The zero-order valence-corrected chi connectivity index (χ0v) is 19.1. The van der Waals surface area contributed by atoms with Crippen LogP contribution < -0.4 is 5.32 Å². The van der Waals surface area contributed by atoms with Crippen LogP contribution in [0.25, 0.3) is 22.0 Å². The molecule has 0 spiro atoms. The third-order valence-electron chi connectivity index (χ3n) is 6.60. The SMILES string of the molecule is Cc1c(Nc2c(C#N)cncc2-c2ccc(CN3CCN(C)CC3)cc2)ccc2[nH]ccc12. The average molecular weight is 437 g/mol. The Labute approximate surface area is 194 Å². The van der Waals surface area contributed by atoms with Gasteiger partial charge in [-0.1, -0.05) is 24.3 Å². The zero-order valence-electron chi connectivity index (χ0n) is 19.1. The molecule has 0 unspecified atom stereocenters. The molecule has 0 bridgehead atoms. The highest BCUT2D eigenvalue weighted by Gasteiger charge is 2.16. The molecule has 2 aromatic carbocycles. The second-order valence-electron chi connectivity index (χ2n) is 8.80. The number of anilines is 2. The largest absolute Gasteiger partial charge is 0.361 e. The fourth-order valence-electron chi connectivity index (χ4n) is 4.51. The van der Waals surface area contributed by atoms with Crippen molar-refractivity contribution < 1.29 is 0 Å². The summed E-state index contributed by atoms with van der Waals surface area (Å²) in [7, 11) is 2.18. The first kappa shape index (κ1) is 21.2. The van der Waals surface area contributed by atoms with Crippen molar-refractivity contribution in [3.8, 4) is 17.2 Å². The van der Waals surface area contributed by atoms with E-state index in [2.05, 4.69) is 87.6 Å². The summed E-state index contributed by atoms with van der Waals surface area (Å²) >= 11 is 0. The Morgan fingerprint density at radius 3 is 2.58 bits per heavy atom. The maximum absolute atomic E-state index is 9.78. The number of likely N-dealkylation sites (N-methyl/N-ethyl adjacent to an activating group) is 1. The van der Waals surface area contributed by atoms with E-state index in [9.17, 15) is 5.26 Å². The summed E-state index contributed by atoms with van der Waals surface area (Å²) in [6, 6.07) is 17.1. The van der Waals surface area contributed by atoms with Crippen LogP contribution in [0.5, 0.6) is 0 Å². The van der Waals surface area contributed by atoms with Crippen LogP contribution in [0.1, 0.15) is 16.7 Å². The molecule has 3 heterocycles. The van der Waals surface area contributed by atoms with Gasteiger partial charge in [0.15, 0.2) is 0 Å². The molecule has 0 atom stereocenters. The van der Waals surface area contributed by atoms with Crippen LogP contribution in [0, 0.1) is 18.3 Å². The minimum Gasteiger partial charge on any atom is -0.361 e. The first-order valence-electron chi connectivity index (χ1n) is 11.3. The Morgan fingerprint density at radius 1 is 1.03 bits per heavy atom. The highest BCUT2D eigenvalue weighted by molar-refractivity contribution is 5.91. The number of H-pyrrole nitrogens is 1. The predicted octanol–water partition coefficient (Wildman–Crippen LogP) is 4.90. The first-order chi connectivity index (χ1) is 16.1. The minimum absolute atomic E-state index is 0.530. The Kier molecular flexibility index (Phi) is 5.82. The quantitative estimate of drug-likeness (QED) is 0.466. The van der Waals surface area contributed by atoms with Gasteiger partial charge in [-0.3, -0.25) is 9.88 Å². The maximum atomic E-state index is 9.78. The number of aromatic amines is 1. The van der Waals surface area contributed by atoms with Gasteiger partial charge < -0.3 is 15.2 Å². The summed E-state index contributed by atoms with van der Waals surface area (Å²) in [5.74, 6) is 0. The summed E-state index contributed by atoms with van der Waals surface area (Å²) in [6.45, 7) is 7.50. The molecule has 1 saturated heterocycles. The van der Waals surface area contributed by atoms with Crippen molar-refractivity contribution in [3.63, 3.8) is 0 Å². The first-order valence-corrected chi connectivity index (χ1v) is 11.3. The van der Waals surface area contributed by atoms with E-state index in [1.165, 1.54) is 10.9 Å².